The SMILES string of the molecule is C=CC(=O)N1CC2CCCC(C1)C2CC(=O)O. The molecule has 1 N–H and O–H groups in total. The van der Waals surface area contributed by atoms with Crippen LogP contribution in [-0.4, -0.2) is 35.0 Å². The van der Waals surface area contributed by atoms with Crippen LogP contribution in [0.2, 0.25) is 0 Å². The maximum Gasteiger partial charge on any atom is 0.303 e. The molecule has 94 valence electrons. The summed E-state index contributed by atoms with van der Waals surface area (Å²) in [6, 6.07) is 0. The highest BCUT2D eigenvalue weighted by atomic mass is 16.4. The summed E-state index contributed by atoms with van der Waals surface area (Å²) in [5.74, 6) is 0.256. The van der Waals surface area contributed by atoms with Gasteiger partial charge in [0.2, 0.25) is 5.91 Å². The average Bonchev–Trinajstić information content (AvgIpc) is 2.26. The van der Waals surface area contributed by atoms with E-state index in [9.17, 15) is 9.59 Å². The second kappa shape index (κ2) is 4.90. The Morgan fingerprint density at radius 3 is 2.35 bits per heavy atom. The van der Waals surface area contributed by atoms with Gasteiger partial charge in [-0.2, -0.15) is 0 Å². The molecule has 0 radical (unpaired) electrons. The number of carboxylic acid groups (broad SMARTS) is 1. The first-order chi connectivity index (χ1) is 8.11. The van der Waals surface area contributed by atoms with Crippen molar-refractivity contribution in [2.24, 2.45) is 17.8 Å². The van der Waals surface area contributed by atoms with E-state index in [1.807, 2.05) is 4.90 Å². The molecule has 4 nitrogen and oxygen atoms in total. The molecule has 1 aliphatic heterocycles. The maximum atomic E-state index is 11.6. The molecule has 0 spiro atoms. The number of piperidine rings is 1. The summed E-state index contributed by atoms with van der Waals surface area (Å²) in [6.07, 6.45) is 4.88. The zero-order valence-corrected chi connectivity index (χ0v) is 9.97. The number of fused-ring (bicyclic) bond motifs is 2. The van der Waals surface area contributed by atoms with E-state index >= 15 is 0 Å². The molecule has 2 bridgehead atoms. The lowest BCUT2D eigenvalue weighted by Crippen LogP contribution is -2.50. The molecule has 0 aromatic heterocycles. The molecule has 1 heterocycles. The van der Waals surface area contributed by atoms with Gasteiger partial charge in [-0.15, -0.1) is 0 Å². The average molecular weight is 237 g/mol. The van der Waals surface area contributed by atoms with Crippen molar-refractivity contribution in [2.75, 3.05) is 13.1 Å². The van der Waals surface area contributed by atoms with E-state index in [1.54, 1.807) is 0 Å². The van der Waals surface area contributed by atoms with Crippen LogP contribution in [0.15, 0.2) is 12.7 Å². The number of hydrogen-bond acceptors (Lipinski definition) is 2. The van der Waals surface area contributed by atoms with E-state index in [0.717, 1.165) is 12.8 Å². The van der Waals surface area contributed by atoms with Gasteiger partial charge >= 0.3 is 5.97 Å². The highest BCUT2D eigenvalue weighted by molar-refractivity contribution is 5.87. The van der Waals surface area contributed by atoms with Crippen LogP contribution in [0.4, 0.5) is 0 Å². The predicted molar refractivity (Wildman–Crippen MR) is 63.4 cm³/mol. The van der Waals surface area contributed by atoms with Crippen LogP contribution in [-0.2, 0) is 9.59 Å². The van der Waals surface area contributed by atoms with E-state index < -0.39 is 5.97 Å². The summed E-state index contributed by atoms with van der Waals surface area (Å²) >= 11 is 0. The van der Waals surface area contributed by atoms with Crippen LogP contribution in [0.3, 0.4) is 0 Å². The van der Waals surface area contributed by atoms with Gasteiger partial charge < -0.3 is 10.0 Å². The lowest BCUT2D eigenvalue weighted by atomic mass is 9.67. The number of hydrogen-bond donors (Lipinski definition) is 1. The summed E-state index contributed by atoms with van der Waals surface area (Å²) < 4.78 is 0. The topological polar surface area (TPSA) is 57.6 Å². The Hall–Kier alpha value is -1.32. The molecule has 0 aromatic carbocycles. The quantitative estimate of drug-likeness (QED) is 0.757. The molecule has 0 aromatic rings. The van der Waals surface area contributed by atoms with E-state index in [4.69, 9.17) is 5.11 Å². The number of carbonyl (C=O) groups is 2. The molecule has 1 saturated heterocycles. The van der Waals surface area contributed by atoms with Crippen molar-refractivity contribution < 1.29 is 14.7 Å². The Morgan fingerprint density at radius 2 is 1.88 bits per heavy atom. The summed E-state index contributed by atoms with van der Waals surface area (Å²) in [7, 11) is 0. The predicted octanol–water partition coefficient (Wildman–Crippen LogP) is 1.52. The van der Waals surface area contributed by atoms with Crippen LogP contribution in [0, 0.1) is 17.8 Å². The zero-order valence-electron chi connectivity index (χ0n) is 9.97. The number of likely N-dealkylation sites (tertiary alicyclic amines) is 1. The fourth-order valence-electron chi connectivity index (χ4n) is 3.39. The van der Waals surface area contributed by atoms with Crippen LogP contribution in [0.1, 0.15) is 25.7 Å². The van der Waals surface area contributed by atoms with Crippen molar-refractivity contribution >= 4 is 11.9 Å². The molecular weight excluding hydrogens is 218 g/mol. The zero-order chi connectivity index (χ0) is 12.4. The van der Waals surface area contributed by atoms with Crippen LogP contribution in [0.25, 0.3) is 0 Å². The Morgan fingerprint density at radius 1 is 1.29 bits per heavy atom. The number of nitrogens with zero attached hydrogens (tertiary/aromatic N) is 1. The second-order valence-corrected chi connectivity index (χ2v) is 5.16. The Kier molecular flexibility index (Phi) is 3.50. The van der Waals surface area contributed by atoms with Gasteiger partial charge in [-0.05, 0) is 36.7 Å². The summed E-state index contributed by atoms with van der Waals surface area (Å²) in [4.78, 5) is 24.3. The molecule has 2 fully saturated rings. The number of aliphatic carboxylic acids is 1. The van der Waals surface area contributed by atoms with Crippen LogP contribution < -0.4 is 0 Å². The minimum atomic E-state index is -0.713. The third kappa shape index (κ3) is 2.51. The first-order valence-corrected chi connectivity index (χ1v) is 6.25. The van der Waals surface area contributed by atoms with Crippen LogP contribution >= 0.6 is 0 Å². The van der Waals surface area contributed by atoms with Crippen molar-refractivity contribution in [3.8, 4) is 0 Å². The van der Waals surface area contributed by atoms with Gasteiger partial charge in [0, 0.05) is 19.5 Å². The third-order valence-electron chi connectivity index (χ3n) is 4.17. The van der Waals surface area contributed by atoms with Crippen LogP contribution in [0.5, 0.6) is 0 Å². The monoisotopic (exact) mass is 237 g/mol. The first-order valence-electron chi connectivity index (χ1n) is 6.25. The molecule has 1 saturated carbocycles. The summed E-state index contributed by atoms with van der Waals surface area (Å²) in [5.41, 5.74) is 0. The minimum absolute atomic E-state index is 0.0179. The van der Waals surface area contributed by atoms with Crippen molar-refractivity contribution in [1.82, 2.24) is 4.90 Å². The second-order valence-electron chi connectivity index (χ2n) is 5.16. The third-order valence-corrected chi connectivity index (χ3v) is 4.17. The van der Waals surface area contributed by atoms with Gasteiger partial charge in [0.15, 0.2) is 0 Å². The Labute approximate surface area is 101 Å². The van der Waals surface area contributed by atoms with Crippen molar-refractivity contribution in [1.29, 1.82) is 0 Å². The normalized spacial score (nSPS) is 32.0. The molecule has 4 heteroatoms. The number of carboxylic acids is 1. The largest absolute Gasteiger partial charge is 0.481 e. The molecule has 2 atom stereocenters. The number of rotatable bonds is 3. The van der Waals surface area contributed by atoms with E-state index in [1.165, 1.54) is 12.5 Å². The standard InChI is InChI=1S/C13H19NO3/c1-2-12(15)14-7-9-4-3-5-10(8-14)11(9)6-13(16)17/h2,9-11H,1,3-8H2,(H,16,17). The van der Waals surface area contributed by atoms with Crippen molar-refractivity contribution in [3.63, 3.8) is 0 Å². The molecule has 2 unspecified atom stereocenters. The molecule has 2 aliphatic rings. The highest BCUT2D eigenvalue weighted by Crippen LogP contribution is 2.41. The molecule has 2 rings (SSSR count). The molecule has 1 amide bonds. The van der Waals surface area contributed by atoms with Gasteiger partial charge in [-0.25, -0.2) is 0 Å². The van der Waals surface area contributed by atoms with E-state index in [2.05, 4.69) is 6.58 Å². The van der Waals surface area contributed by atoms with Crippen molar-refractivity contribution in [3.05, 3.63) is 12.7 Å². The van der Waals surface area contributed by atoms with Gasteiger partial charge in [0.25, 0.3) is 0 Å². The lowest BCUT2D eigenvalue weighted by Gasteiger charge is -2.46. The molecule has 17 heavy (non-hydrogen) atoms. The van der Waals surface area contributed by atoms with Gasteiger partial charge in [-0.3, -0.25) is 9.59 Å². The smallest absolute Gasteiger partial charge is 0.303 e. The Balaban J connectivity index is 2.08. The summed E-state index contributed by atoms with van der Waals surface area (Å²) in [6.45, 7) is 4.93. The Bertz CT molecular complexity index is 326. The van der Waals surface area contributed by atoms with E-state index in [0.29, 0.717) is 24.9 Å². The number of amides is 1. The first kappa shape index (κ1) is 12.1. The lowest BCUT2D eigenvalue weighted by molar-refractivity contribution is -0.141. The number of carbonyl (C=O) groups excluding carboxylic acids is 1. The maximum absolute atomic E-state index is 11.6. The highest BCUT2D eigenvalue weighted by Gasteiger charge is 2.41. The van der Waals surface area contributed by atoms with E-state index in [-0.39, 0.29) is 18.2 Å². The molecule has 1 aliphatic carbocycles. The van der Waals surface area contributed by atoms with Crippen molar-refractivity contribution in [2.45, 2.75) is 25.7 Å². The summed E-state index contributed by atoms with van der Waals surface area (Å²) in [5, 5.41) is 8.95. The van der Waals surface area contributed by atoms with Gasteiger partial charge in [0.1, 0.15) is 0 Å². The fraction of sp³-hybridized carbons (Fsp3) is 0.692. The minimum Gasteiger partial charge on any atom is -0.481 e. The van der Waals surface area contributed by atoms with Gasteiger partial charge in [0.05, 0.1) is 0 Å². The molecular formula is C13H19NO3. The van der Waals surface area contributed by atoms with Gasteiger partial charge in [-0.1, -0.05) is 13.0 Å². The fourth-order valence-corrected chi connectivity index (χ4v) is 3.39.